The number of methoxy groups -OCH3 is 1. The van der Waals surface area contributed by atoms with Gasteiger partial charge in [0.1, 0.15) is 6.29 Å². The zero-order valence-corrected chi connectivity index (χ0v) is 12.9. The number of carbonyl (C=O) groups is 2. The van der Waals surface area contributed by atoms with Crippen LogP contribution in [0, 0.1) is 11.8 Å². The molecule has 0 saturated carbocycles. The van der Waals surface area contributed by atoms with Gasteiger partial charge in [-0.25, -0.2) is 0 Å². The fourth-order valence-electron chi connectivity index (χ4n) is 1.98. The molecule has 0 aromatic carbocycles. The standard InChI is InChI=1S/C11H21NO2.C4H8O/c1-3-11(13)12-7-4-10(5-8-12)6-9-14-2;1-4(2)3-5/h10H,3-9H2,1-2H3;3-4H,1-2H3. The van der Waals surface area contributed by atoms with E-state index in [1.807, 2.05) is 25.7 Å². The number of rotatable bonds is 5. The van der Waals surface area contributed by atoms with Crippen LogP contribution >= 0.6 is 0 Å². The molecule has 0 radical (unpaired) electrons. The highest BCUT2D eigenvalue weighted by molar-refractivity contribution is 5.75. The minimum atomic E-state index is 0.204. The van der Waals surface area contributed by atoms with Gasteiger partial charge in [0.15, 0.2) is 0 Å². The van der Waals surface area contributed by atoms with Crippen molar-refractivity contribution in [3.63, 3.8) is 0 Å². The molecule has 1 aliphatic heterocycles. The van der Waals surface area contributed by atoms with E-state index in [0.717, 1.165) is 51.2 Å². The third-order valence-electron chi connectivity index (χ3n) is 3.27. The maximum absolute atomic E-state index is 11.4. The highest BCUT2D eigenvalue weighted by Crippen LogP contribution is 2.20. The highest BCUT2D eigenvalue weighted by Gasteiger charge is 2.21. The van der Waals surface area contributed by atoms with Gasteiger partial charge in [0.25, 0.3) is 0 Å². The predicted molar refractivity (Wildman–Crippen MR) is 77.0 cm³/mol. The number of nitrogens with zero attached hydrogens (tertiary/aromatic N) is 1. The molecule has 112 valence electrons. The van der Waals surface area contributed by atoms with Crippen LogP contribution in [0.5, 0.6) is 0 Å². The summed E-state index contributed by atoms with van der Waals surface area (Å²) < 4.78 is 5.06. The average molecular weight is 271 g/mol. The van der Waals surface area contributed by atoms with Crippen LogP contribution in [0.15, 0.2) is 0 Å². The van der Waals surface area contributed by atoms with Crippen molar-refractivity contribution in [2.45, 2.75) is 46.5 Å². The Morgan fingerprint density at radius 3 is 2.26 bits per heavy atom. The molecule has 0 N–H and O–H groups in total. The van der Waals surface area contributed by atoms with Gasteiger partial charge in [0, 0.05) is 39.1 Å². The largest absolute Gasteiger partial charge is 0.385 e. The van der Waals surface area contributed by atoms with E-state index in [0.29, 0.717) is 12.3 Å². The Balaban J connectivity index is 0.000000555. The first-order valence-corrected chi connectivity index (χ1v) is 7.27. The first-order chi connectivity index (χ1) is 9.04. The van der Waals surface area contributed by atoms with Gasteiger partial charge in [0.05, 0.1) is 0 Å². The van der Waals surface area contributed by atoms with Crippen molar-refractivity contribution in [3.05, 3.63) is 0 Å². The Labute approximate surface area is 117 Å². The molecule has 1 aliphatic rings. The molecule has 0 aliphatic carbocycles. The zero-order chi connectivity index (χ0) is 14.7. The smallest absolute Gasteiger partial charge is 0.222 e. The molecule has 1 amide bonds. The summed E-state index contributed by atoms with van der Waals surface area (Å²) in [6.45, 7) is 8.38. The van der Waals surface area contributed by atoms with E-state index in [1.165, 1.54) is 0 Å². The lowest BCUT2D eigenvalue weighted by molar-refractivity contribution is -0.132. The van der Waals surface area contributed by atoms with Gasteiger partial charge in [-0.15, -0.1) is 0 Å². The second-order valence-electron chi connectivity index (χ2n) is 5.34. The SMILES string of the molecule is CC(C)C=O.CCC(=O)N1CCC(CCOC)CC1. The number of hydrogen-bond acceptors (Lipinski definition) is 3. The summed E-state index contributed by atoms with van der Waals surface area (Å²) >= 11 is 0. The fourth-order valence-corrected chi connectivity index (χ4v) is 1.98. The van der Waals surface area contributed by atoms with Gasteiger partial charge >= 0.3 is 0 Å². The maximum Gasteiger partial charge on any atom is 0.222 e. The van der Waals surface area contributed by atoms with Gasteiger partial charge in [-0.05, 0) is 25.2 Å². The van der Waals surface area contributed by atoms with E-state index in [2.05, 4.69) is 0 Å². The van der Waals surface area contributed by atoms with Crippen molar-refractivity contribution in [2.75, 3.05) is 26.8 Å². The molecule has 0 aromatic rings. The molecule has 1 rings (SSSR count). The number of piperidine rings is 1. The number of amides is 1. The molecule has 0 bridgehead atoms. The van der Waals surface area contributed by atoms with Crippen LogP contribution in [0.25, 0.3) is 0 Å². The lowest BCUT2D eigenvalue weighted by atomic mass is 9.94. The van der Waals surface area contributed by atoms with Crippen LogP contribution in [0.1, 0.15) is 46.5 Å². The van der Waals surface area contributed by atoms with Gasteiger partial charge in [0.2, 0.25) is 5.91 Å². The summed E-state index contributed by atoms with van der Waals surface area (Å²) in [6, 6.07) is 0. The predicted octanol–water partition coefficient (Wildman–Crippen LogP) is 2.51. The van der Waals surface area contributed by atoms with E-state index in [1.54, 1.807) is 7.11 Å². The topological polar surface area (TPSA) is 46.6 Å². The van der Waals surface area contributed by atoms with Crippen LogP contribution in [-0.2, 0) is 14.3 Å². The lowest BCUT2D eigenvalue weighted by Crippen LogP contribution is -2.38. The van der Waals surface area contributed by atoms with Crippen molar-refractivity contribution >= 4 is 12.2 Å². The van der Waals surface area contributed by atoms with Gasteiger partial charge < -0.3 is 14.4 Å². The molecular weight excluding hydrogens is 242 g/mol. The van der Waals surface area contributed by atoms with Gasteiger partial charge in [-0.2, -0.15) is 0 Å². The van der Waals surface area contributed by atoms with Gasteiger partial charge in [-0.3, -0.25) is 4.79 Å². The molecule has 4 nitrogen and oxygen atoms in total. The fraction of sp³-hybridized carbons (Fsp3) is 0.867. The maximum atomic E-state index is 11.4. The highest BCUT2D eigenvalue weighted by atomic mass is 16.5. The summed E-state index contributed by atoms with van der Waals surface area (Å²) in [7, 11) is 1.75. The summed E-state index contributed by atoms with van der Waals surface area (Å²) in [6.07, 6.45) is 5.00. The number of hydrogen-bond donors (Lipinski definition) is 0. The van der Waals surface area contributed by atoms with Crippen molar-refractivity contribution in [3.8, 4) is 0 Å². The molecular formula is C15H29NO3. The molecule has 1 fully saturated rings. The van der Waals surface area contributed by atoms with Crippen molar-refractivity contribution in [1.82, 2.24) is 4.90 Å². The van der Waals surface area contributed by atoms with E-state index in [4.69, 9.17) is 4.74 Å². The summed E-state index contributed by atoms with van der Waals surface area (Å²) in [5.41, 5.74) is 0. The number of likely N-dealkylation sites (tertiary alicyclic amines) is 1. The van der Waals surface area contributed by atoms with E-state index < -0.39 is 0 Å². The summed E-state index contributed by atoms with van der Waals surface area (Å²) in [5.74, 6) is 1.26. The van der Waals surface area contributed by atoms with E-state index in [9.17, 15) is 9.59 Å². The molecule has 0 atom stereocenters. The van der Waals surface area contributed by atoms with Crippen molar-refractivity contribution in [2.24, 2.45) is 11.8 Å². The van der Waals surface area contributed by atoms with Crippen molar-refractivity contribution < 1.29 is 14.3 Å². The number of aldehydes is 1. The Hall–Kier alpha value is -0.900. The molecule has 1 heterocycles. The van der Waals surface area contributed by atoms with E-state index in [-0.39, 0.29) is 5.92 Å². The molecule has 0 spiro atoms. The van der Waals surface area contributed by atoms with Crippen LogP contribution < -0.4 is 0 Å². The van der Waals surface area contributed by atoms with Crippen LogP contribution in [-0.4, -0.2) is 43.9 Å². The molecule has 4 heteroatoms. The van der Waals surface area contributed by atoms with Crippen molar-refractivity contribution in [1.29, 1.82) is 0 Å². The minimum absolute atomic E-state index is 0.204. The molecule has 1 saturated heterocycles. The third-order valence-corrected chi connectivity index (χ3v) is 3.27. The average Bonchev–Trinajstić information content (AvgIpc) is 2.45. The first kappa shape index (κ1) is 18.1. The second kappa shape index (κ2) is 11.0. The monoisotopic (exact) mass is 271 g/mol. The van der Waals surface area contributed by atoms with Crippen LogP contribution in [0.3, 0.4) is 0 Å². The number of ether oxygens (including phenoxy) is 1. The zero-order valence-electron chi connectivity index (χ0n) is 12.9. The minimum Gasteiger partial charge on any atom is -0.385 e. The van der Waals surface area contributed by atoms with Crippen LogP contribution in [0.2, 0.25) is 0 Å². The second-order valence-corrected chi connectivity index (χ2v) is 5.34. The molecule has 0 aromatic heterocycles. The quantitative estimate of drug-likeness (QED) is 0.722. The molecule has 0 unspecified atom stereocenters. The Morgan fingerprint density at radius 2 is 1.89 bits per heavy atom. The van der Waals surface area contributed by atoms with Crippen LogP contribution in [0.4, 0.5) is 0 Å². The lowest BCUT2D eigenvalue weighted by Gasteiger charge is -2.31. The summed E-state index contributed by atoms with van der Waals surface area (Å²) in [5, 5.41) is 0. The molecule has 19 heavy (non-hydrogen) atoms. The van der Waals surface area contributed by atoms with E-state index >= 15 is 0 Å². The normalized spacial score (nSPS) is 15.9. The Morgan fingerprint density at radius 1 is 1.37 bits per heavy atom. The van der Waals surface area contributed by atoms with Gasteiger partial charge in [-0.1, -0.05) is 20.8 Å². The third kappa shape index (κ3) is 8.76. The number of carbonyl (C=O) groups excluding carboxylic acids is 2. The first-order valence-electron chi connectivity index (χ1n) is 7.27. The Kier molecular flexibility index (Phi) is 10.5. The Bertz CT molecular complexity index is 246. The summed E-state index contributed by atoms with van der Waals surface area (Å²) in [4.78, 5) is 22.9.